The predicted octanol–water partition coefficient (Wildman–Crippen LogP) is 3.71. The van der Waals surface area contributed by atoms with Crippen molar-refractivity contribution in [3.63, 3.8) is 0 Å². The minimum atomic E-state index is -0.893. The fourth-order valence-electron chi connectivity index (χ4n) is 5.93. The third-order valence-corrected chi connectivity index (χ3v) is 8.53. The van der Waals surface area contributed by atoms with E-state index in [2.05, 4.69) is 5.32 Å². The van der Waals surface area contributed by atoms with Crippen LogP contribution in [0.15, 0.2) is 45.6 Å². The molecule has 0 bridgehead atoms. The number of phenolic OH excluding ortho intramolecular Hbond substituents is 1. The van der Waals surface area contributed by atoms with Gasteiger partial charge in [0, 0.05) is 48.3 Å². The summed E-state index contributed by atoms with van der Waals surface area (Å²) in [6.45, 7) is 1.87. The lowest BCUT2D eigenvalue weighted by molar-refractivity contribution is -0.142. The number of benzene rings is 2. The first kappa shape index (κ1) is 30.8. The Hall–Kier alpha value is -3.64. The normalized spacial score (nSPS) is 21.3. The number of halogens is 1. The van der Waals surface area contributed by atoms with Gasteiger partial charge in [-0.05, 0) is 51.5 Å². The van der Waals surface area contributed by atoms with Crippen molar-refractivity contribution < 1.29 is 33.7 Å². The van der Waals surface area contributed by atoms with Crippen LogP contribution in [0.1, 0.15) is 37.2 Å². The van der Waals surface area contributed by atoms with Gasteiger partial charge in [-0.25, -0.2) is 4.79 Å². The lowest BCUT2D eigenvalue weighted by atomic mass is 9.85. The molecule has 2 aliphatic rings. The number of aliphatic hydroxyl groups excluding tert-OH is 1. The molecule has 3 N–H and O–H groups in total. The van der Waals surface area contributed by atoms with Crippen molar-refractivity contribution in [3.05, 3.63) is 57.2 Å². The summed E-state index contributed by atoms with van der Waals surface area (Å²) in [4.78, 5) is 42.8. The second kappa shape index (κ2) is 13.3. The zero-order chi connectivity index (χ0) is 30.7. The number of β-amino-alcohol motifs (C(OH)–C–C–N with tert-alkyl or cyclic N) is 1. The number of nitrogens with zero attached hydrogens (tertiary/aromatic N) is 2. The maximum absolute atomic E-state index is 13.8. The molecular weight excluding hydrogens is 578 g/mol. The third-order valence-electron chi connectivity index (χ3n) is 8.20. The molecule has 1 amide bonds. The Kier molecular flexibility index (Phi) is 9.55. The fraction of sp³-hybridized carbons (Fsp3) is 0.452. The Morgan fingerprint density at radius 3 is 2.74 bits per heavy atom. The van der Waals surface area contributed by atoms with Gasteiger partial charge in [0.05, 0.1) is 18.2 Å². The van der Waals surface area contributed by atoms with Crippen molar-refractivity contribution >= 4 is 34.6 Å². The highest BCUT2D eigenvalue weighted by atomic mass is 35.5. The number of aliphatic hydroxyl groups is 1. The number of phenols is 1. The van der Waals surface area contributed by atoms with Gasteiger partial charge in [-0.15, -0.1) is 0 Å². The molecule has 0 saturated carbocycles. The molecule has 3 atom stereocenters. The quantitative estimate of drug-likeness (QED) is 0.352. The SMILES string of the molecule is COC(=O)CN(C(=O)Oc1cc(O)c2c(=O)cc(-c3ccccc3Cl)oc2c1[C@H]1CCN(C)C[C@H]1O)C1CCCCNC1. The third kappa shape index (κ3) is 6.65. The smallest absolute Gasteiger partial charge is 0.416 e. The zero-order valence-corrected chi connectivity index (χ0v) is 24.9. The topological polar surface area (TPSA) is 142 Å². The van der Waals surface area contributed by atoms with Gasteiger partial charge in [0.25, 0.3) is 0 Å². The molecular formula is C31H36ClN3O8. The minimum absolute atomic E-state index is 0.00512. The Morgan fingerprint density at radius 2 is 2.00 bits per heavy atom. The van der Waals surface area contributed by atoms with E-state index in [-0.39, 0.29) is 40.6 Å². The van der Waals surface area contributed by atoms with Crippen molar-refractivity contribution in [2.75, 3.05) is 46.9 Å². The van der Waals surface area contributed by atoms with Crippen molar-refractivity contribution in [3.8, 4) is 22.8 Å². The van der Waals surface area contributed by atoms with Crippen LogP contribution in [0.2, 0.25) is 5.02 Å². The Balaban J connectivity index is 1.66. The number of carbonyl (C=O) groups excluding carboxylic acids is 2. The lowest BCUT2D eigenvalue weighted by Crippen LogP contribution is -2.49. The van der Waals surface area contributed by atoms with E-state index in [9.17, 15) is 24.6 Å². The first-order valence-corrected chi connectivity index (χ1v) is 14.8. The number of esters is 1. The van der Waals surface area contributed by atoms with Gasteiger partial charge in [0.1, 0.15) is 34.8 Å². The summed E-state index contributed by atoms with van der Waals surface area (Å²) in [5.41, 5.74) is 0.219. The zero-order valence-electron chi connectivity index (χ0n) is 24.2. The molecule has 0 radical (unpaired) electrons. The number of piperidine rings is 1. The summed E-state index contributed by atoms with van der Waals surface area (Å²) < 4.78 is 17.1. The van der Waals surface area contributed by atoms with E-state index < -0.39 is 35.3 Å². The summed E-state index contributed by atoms with van der Waals surface area (Å²) >= 11 is 6.42. The molecule has 2 aliphatic heterocycles. The van der Waals surface area contributed by atoms with E-state index in [1.807, 2.05) is 11.9 Å². The Labute approximate surface area is 253 Å². The largest absolute Gasteiger partial charge is 0.507 e. The van der Waals surface area contributed by atoms with Crippen LogP contribution in [0.3, 0.4) is 0 Å². The number of hydrogen-bond donors (Lipinski definition) is 3. The number of amides is 1. The maximum atomic E-state index is 13.8. The number of carbonyl (C=O) groups is 2. The van der Waals surface area contributed by atoms with Crippen LogP contribution in [0.25, 0.3) is 22.3 Å². The van der Waals surface area contributed by atoms with E-state index in [4.69, 9.17) is 25.5 Å². The van der Waals surface area contributed by atoms with E-state index >= 15 is 0 Å². The number of fused-ring (bicyclic) bond motifs is 1. The molecule has 12 heteroatoms. The number of rotatable bonds is 6. The Morgan fingerprint density at radius 1 is 1.21 bits per heavy atom. The molecule has 0 aliphatic carbocycles. The number of ether oxygens (including phenoxy) is 2. The fourth-order valence-corrected chi connectivity index (χ4v) is 6.16. The van der Waals surface area contributed by atoms with Crippen LogP contribution < -0.4 is 15.5 Å². The van der Waals surface area contributed by atoms with Crippen molar-refractivity contribution in [2.24, 2.45) is 0 Å². The number of hydrogen-bond acceptors (Lipinski definition) is 10. The molecule has 3 heterocycles. The standard InChI is InChI=1S/C31H36ClN3O8/c1-34-12-10-20(24(38)16-34)28-26(43-31(40)35(17-27(39)41-2)18-7-5-6-11-33-15-18)14-23(37)29-22(36)13-25(42-30(28)29)19-8-3-4-9-21(19)32/h3-4,8-9,13-14,18,20,24,33,37-38H,5-7,10-12,15-17H2,1-2H3/t18?,20-,24+/m0/s1. The summed E-state index contributed by atoms with van der Waals surface area (Å²) in [5, 5.41) is 25.8. The average molecular weight is 614 g/mol. The van der Waals surface area contributed by atoms with Gasteiger partial charge in [-0.1, -0.05) is 30.2 Å². The molecule has 11 nitrogen and oxygen atoms in total. The van der Waals surface area contributed by atoms with Crippen molar-refractivity contribution in [1.82, 2.24) is 15.1 Å². The van der Waals surface area contributed by atoms with Gasteiger partial charge < -0.3 is 34.3 Å². The van der Waals surface area contributed by atoms with E-state index in [1.165, 1.54) is 24.1 Å². The van der Waals surface area contributed by atoms with Crippen molar-refractivity contribution in [1.29, 1.82) is 0 Å². The summed E-state index contributed by atoms with van der Waals surface area (Å²) in [6.07, 6.45) is 1.17. The van der Waals surface area contributed by atoms with Gasteiger partial charge >= 0.3 is 12.1 Å². The van der Waals surface area contributed by atoms with Crippen LogP contribution in [-0.4, -0.2) is 91.1 Å². The number of nitrogens with one attached hydrogen (secondary N) is 1. The predicted molar refractivity (Wildman–Crippen MR) is 161 cm³/mol. The number of methoxy groups -OCH3 is 1. The second-order valence-corrected chi connectivity index (χ2v) is 11.5. The van der Waals surface area contributed by atoms with E-state index in [0.29, 0.717) is 43.1 Å². The molecule has 3 aromatic rings. The van der Waals surface area contributed by atoms with Crippen LogP contribution in [0.5, 0.6) is 11.5 Å². The van der Waals surface area contributed by atoms with E-state index in [1.54, 1.807) is 24.3 Å². The molecule has 2 fully saturated rings. The molecule has 1 unspecified atom stereocenters. The van der Waals surface area contributed by atoms with Crippen LogP contribution in [-0.2, 0) is 9.53 Å². The molecule has 230 valence electrons. The van der Waals surface area contributed by atoms with Gasteiger partial charge in [0.15, 0.2) is 5.43 Å². The number of likely N-dealkylation sites (N-methyl/N-ethyl adjacent to an activating group) is 1. The highest BCUT2D eigenvalue weighted by Crippen LogP contribution is 2.44. The minimum Gasteiger partial charge on any atom is -0.507 e. The second-order valence-electron chi connectivity index (χ2n) is 11.1. The van der Waals surface area contributed by atoms with Crippen LogP contribution >= 0.6 is 11.6 Å². The van der Waals surface area contributed by atoms with Gasteiger partial charge in [-0.2, -0.15) is 0 Å². The molecule has 2 saturated heterocycles. The van der Waals surface area contributed by atoms with Crippen LogP contribution in [0, 0.1) is 0 Å². The molecule has 1 aromatic heterocycles. The van der Waals surface area contributed by atoms with Crippen molar-refractivity contribution in [2.45, 2.75) is 43.7 Å². The Bertz CT molecular complexity index is 1550. The number of likely N-dealkylation sites (tertiary alicyclic amines) is 1. The van der Waals surface area contributed by atoms with Gasteiger partial charge in [0.2, 0.25) is 0 Å². The lowest BCUT2D eigenvalue weighted by Gasteiger charge is -2.35. The number of aromatic hydroxyl groups is 1. The van der Waals surface area contributed by atoms with Gasteiger partial charge in [-0.3, -0.25) is 14.5 Å². The highest BCUT2D eigenvalue weighted by molar-refractivity contribution is 6.33. The molecule has 2 aromatic carbocycles. The first-order chi connectivity index (χ1) is 20.7. The monoisotopic (exact) mass is 613 g/mol. The molecule has 5 rings (SSSR count). The summed E-state index contributed by atoms with van der Waals surface area (Å²) in [7, 11) is 3.13. The summed E-state index contributed by atoms with van der Waals surface area (Å²) in [5.74, 6) is -1.56. The first-order valence-electron chi connectivity index (χ1n) is 14.4. The molecule has 43 heavy (non-hydrogen) atoms. The average Bonchev–Trinajstić information content (AvgIpc) is 3.26. The van der Waals surface area contributed by atoms with Crippen LogP contribution in [0.4, 0.5) is 4.79 Å². The van der Waals surface area contributed by atoms with E-state index in [0.717, 1.165) is 19.4 Å². The highest BCUT2D eigenvalue weighted by Gasteiger charge is 2.36. The maximum Gasteiger partial charge on any atom is 0.416 e. The molecule has 0 spiro atoms. The summed E-state index contributed by atoms with van der Waals surface area (Å²) in [6, 6.07) is 8.97.